The van der Waals surface area contributed by atoms with Gasteiger partial charge in [-0.2, -0.15) is 0 Å². The van der Waals surface area contributed by atoms with E-state index >= 15 is 0 Å². The molecule has 0 unspecified atom stereocenters. The van der Waals surface area contributed by atoms with E-state index in [0.717, 1.165) is 0 Å². The van der Waals surface area contributed by atoms with Gasteiger partial charge in [-0.05, 0) is 93.3 Å². The summed E-state index contributed by atoms with van der Waals surface area (Å²) in [5, 5.41) is 12.8. The lowest BCUT2D eigenvalue weighted by Gasteiger charge is -2.20. The minimum absolute atomic E-state index is 1.25. The molecule has 9 aromatic rings. The Morgan fingerprint density at radius 1 is 0.227 bits per heavy atom. The van der Waals surface area contributed by atoms with Crippen molar-refractivity contribution in [2.75, 3.05) is 0 Å². The number of hydrogen-bond donors (Lipinski definition) is 0. The summed E-state index contributed by atoms with van der Waals surface area (Å²) in [6.45, 7) is 0. The molecule has 0 radical (unpaired) electrons. The molecule has 0 nitrogen and oxygen atoms in total. The smallest absolute Gasteiger partial charge is 0.00201 e. The first kappa shape index (κ1) is 24.8. The monoisotopic (exact) mass is 556 g/mol. The first-order chi connectivity index (χ1) is 21.9. The maximum atomic E-state index is 2.37. The van der Waals surface area contributed by atoms with Gasteiger partial charge in [0.2, 0.25) is 0 Å². The lowest BCUT2D eigenvalue weighted by atomic mass is 9.83. The molecule has 9 rings (SSSR count). The molecule has 0 spiro atoms. The molecule has 0 bridgehead atoms. The standard InChI is InChI=1S/C44H28/c1-2-14-29(15-3-1)43-37-22-10-12-24-39(37)44(40-25-13-11-23-38(40)43)41-27-26-36(33-19-7-8-20-34(33)41)42-28-30-16-4-5-17-31(30)32-18-6-9-21-35(32)42/h1-28H. The van der Waals surface area contributed by atoms with Crippen LogP contribution in [0.5, 0.6) is 0 Å². The Morgan fingerprint density at radius 3 is 1.25 bits per heavy atom. The Bertz CT molecular complexity index is 2480. The summed E-state index contributed by atoms with van der Waals surface area (Å²) in [6, 6.07) is 62.2. The van der Waals surface area contributed by atoms with Crippen molar-refractivity contribution < 1.29 is 0 Å². The van der Waals surface area contributed by atoms with Crippen LogP contribution in [0, 0.1) is 0 Å². The van der Waals surface area contributed by atoms with Crippen LogP contribution in [0.1, 0.15) is 0 Å². The maximum Gasteiger partial charge on any atom is -0.00201 e. The van der Waals surface area contributed by atoms with Crippen LogP contribution in [0.15, 0.2) is 170 Å². The largest absolute Gasteiger partial charge is 0.0622 e. The van der Waals surface area contributed by atoms with E-state index in [2.05, 4.69) is 170 Å². The van der Waals surface area contributed by atoms with Gasteiger partial charge in [-0.3, -0.25) is 0 Å². The Labute approximate surface area is 256 Å². The van der Waals surface area contributed by atoms with Gasteiger partial charge < -0.3 is 0 Å². The normalized spacial score (nSPS) is 11.6. The fourth-order valence-electron chi connectivity index (χ4n) is 7.36. The van der Waals surface area contributed by atoms with E-state index < -0.39 is 0 Å². The number of rotatable bonds is 3. The Balaban J connectivity index is 1.39. The highest BCUT2D eigenvalue weighted by molar-refractivity contribution is 6.25. The summed E-state index contributed by atoms with van der Waals surface area (Å²) in [6.07, 6.45) is 0. The summed E-state index contributed by atoms with van der Waals surface area (Å²) < 4.78 is 0. The van der Waals surface area contributed by atoms with Crippen LogP contribution in [0.4, 0.5) is 0 Å². The quantitative estimate of drug-likeness (QED) is 0.150. The van der Waals surface area contributed by atoms with Crippen molar-refractivity contribution in [3.8, 4) is 33.4 Å². The van der Waals surface area contributed by atoms with Crippen LogP contribution in [-0.4, -0.2) is 0 Å². The third-order valence-corrected chi connectivity index (χ3v) is 9.25. The van der Waals surface area contributed by atoms with Gasteiger partial charge in [0.05, 0.1) is 0 Å². The fourth-order valence-corrected chi connectivity index (χ4v) is 7.36. The van der Waals surface area contributed by atoms with E-state index in [4.69, 9.17) is 0 Å². The molecule has 0 heterocycles. The highest BCUT2D eigenvalue weighted by Crippen LogP contribution is 2.47. The molecule has 0 aliphatic heterocycles. The summed E-state index contributed by atoms with van der Waals surface area (Å²) in [5.74, 6) is 0. The minimum Gasteiger partial charge on any atom is -0.0622 e. The lowest BCUT2D eigenvalue weighted by Crippen LogP contribution is -1.92. The van der Waals surface area contributed by atoms with Crippen LogP contribution in [0.25, 0.3) is 87.2 Å². The maximum absolute atomic E-state index is 2.37. The Morgan fingerprint density at radius 2 is 0.636 bits per heavy atom. The molecule has 44 heavy (non-hydrogen) atoms. The molecule has 0 fully saturated rings. The second kappa shape index (κ2) is 9.93. The van der Waals surface area contributed by atoms with Gasteiger partial charge in [-0.1, -0.05) is 164 Å². The summed E-state index contributed by atoms with van der Waals surface area (Å²) in [5.41, 5.74) is 7.64. The van der Waals surface area contributed by atoms with Crippen LogP contribution >= 0.6 is 0 Å². The first-order valence-electron chi connectivity index (χ1n) is 15.3. The van der Waals surface area contributed by atoms with Crippen LogP contribution < -0.4 is 0 Å². The molecule has 0 saturated heterocycles. The second-order valence-electron chi connectivity index (χ2n) is 11.6. The molecule has 9 aromatic carbocycles. The molecular formula is C44H28. The molecule has 0 saturated carbocycles. The Kier molecular flexibility index (Phi) is 5.61. The topological polar surface area (TPSA) is 0 Å². The molecule has 0 atom stereocenters. The van der Waals surface area contributed by atoms with Gasteiger partial charge >= 0.3 is 0 Å². The van der Waals surface area contributed by atoms with Gasteiger partial charge in [0.15, 0.2) is 0 Å². The zero-order valence-corrected chi connectivity index (χ0v) is 24.2. The average Bonchev–Trinajstić information content (AvgIpc) is 3.10. The van der Waals surface area contributed by atoms with Crippen molar-refractivity contribution in [3.63, 3.8) is 0 Å². The SMILES string of the molecule is c1ccc(-c2c3ccccc3c(-c3ccc(-c4cc5ccccc5c5ccccc45)c4ccccc34)c3ccccc23)cc1. The van der Waals surface area contributed by atoms with E-state index in [-0.39, 0.29) is 0 Å². The van der Waals surface area contributed by atoms with E-state index in [1.54, 1.807) is 0 Å². The minimum atomic E-state index is 1.25. The van der Waals surface area contributed by atoms with Crippen LogP contribution in [0.3, 0.4) is 0 Å². The summed E-state index contributed by atoms with van der Waals surface area (Å²) in [4.78, 5) is 0. The molecule has 0 aromatic heterocycles. The number of hydrogen-bond acceptors (Lipinski definition) is 0. The van der Waals surface area contributed by atoms with Crippen molar-refractivity contribution in [1.82, 2.24) is 0 Å². The molecule has 0 heteroatoms. The fraction of sp³-hybridized carbons (Fsp3) is 0. The van der Waals surface area contributed by atoms with Crippen LogP contribution in [-0.2, 0) is 0 Å². The average molecular weight is 557 g/mol. The first-order valence-corrected chi connectivity index (χ1v) is 15.3. The van der Waals surface area contributed by atoms with Gasteiger partial charge in [-0.25, -0.2) is 0 Å². The van der Waals surface area contributed by atoms with E-state index in [1.807, 2.05) is 0 Å². The summed E-state index contributed by atoms with van der Waals surface area (Å²) >= 11 is 0. The van der Waals surface area contributed by atoms with Gasteiger partial charge in [0, 0.05) is 0 Å². The second-order valence-corrected chi connectivity index (χ2v) is 11.6. The predicted octanol–water partition coefficient (Wildman–Crippen LogP) is 12.5. The van der Waals surface area contributed by atoms with E-state index in [0.29, 0.717) is 0 Å². The predicted molar refractivity (Wildman–Crippen MR) is 190 cm³/mol. The van der Waals surface area contributed by atoms with Crippen LogP contribution in [0.2, 0.25) is 0 Å². The van der Waals surface area contributed by atoms with E-state index in [9.17, 15) is 0 Å². The molecule has 0 aliphatic carbocycles. The molecule has 0 N–H and O–H groups in total. The van der Waals surface area contributed by atoms with E-state index in [1.165, 1.54) is 87.2 Å². The number of benzene rings is 9. The van der Waals surface area contributed by atoms with Gasteiger partial charge in [0.25, 0.3) is 0 Å². The molecular weight excluding hydrogens is 528 g/mol. The van der Waals surface area contributed by atoms with Crippen molar-refractivity contribution in [1.29, 1.82) is 0 Å². The highest BCUT2D eigenvalue weighted by Gasteiger charge is 2.19. The van der Waals surface area contributed by atoms with Crippen molar-refractivity contribution >= 4 is 53.9 Å². The third kappa shape index (κ3) is 3.71. The Hall–Kier alpha value is -5.72. The molecule has 0 amide bonds. The summed E-state index contributed by atoms with van der Waals surface area (Å²) in [7, 11) is 0. The van der Waals surface area contributed by atoms with Crippen molar-refractivity contribution in [2.45, 2.75) is 0 Å². The zero-order chi connectivity index (χ0) is 29.0. The third-order valence-electron chi connectivity index (χ3n) is 9.25. The highest BCUT2D eigenvalue weighted by atomic mass is 14.2. The van der Waals surface area contributed by atoms with Crippen molar-refractivity contribution in [2.24, 2.45) is 0 Å². The molecule has 204 valence electrons. The zero-order valence-electron chi connectivity index (χ0n) is 24.2. The van der Waals surface area contributed by atoms with Gasteiger partial charge in [-0.15, -0.1) is 0 Å². The molecule has 0 aliphatic rings. The van der Waals surface area contributed by atoms with Crippen molar-refractivity contribution in [3.05, 3.63) is 170 Å². The lowest BCUT2D eigenvalue weighted by molar-refractivity contribution is 1.66. The number of fused-ring (bicyclic) bond motifs is 6. The van der Waals surface area contributed by atoms with Gasteiger partial charge in [0.1, 0.15) is 0 Å².